The third-order valence-electron chi connectivity index (χ3n) is 6.60. The zero-order chi connectivity index (χ0) is 16.0. The second-order valence-corrected chi connectivity index (χ2v) is 7.95. The van der Waals surface area contributed by atoms with Crippen LogP contribution in [0.4, 0.5) is 5.69 Å². The number of nitrogens with zero attached hydrogens (tertiary/aromatic N) is 2. The lowest BCUT2D eigenvalue weighted by atomic mass is 9.63. The van der Waals surface area contributed by atoms with E-state index in [1.807, 2.05) is 0 Å². The van der Waals surface area contributed by atoms with Gasteiger partial charge in [-0.3, -0.25) is 0 Å². The van der Waals surface area contributed by atoms with Crippen molar-refractivity contribution >= 4 is 5.69 Å². The zero-order valence-electron chi connectivity index (χ0n) is 14.2. The molecule has 3 aliphatic rings. The van der Waals surface area contributed by atoms with Gasteiger partial charge >= 0.3 is 0 Å². The van der Waals surface area contributed by atoms with Gasteiger partial charge in [-0.1, -0.05) is 50.2 Å². The molecule has 0 aliphatic carbocycles. The first-order valence-electron chi connectivity index (χ1n) is 8.42. The van der Waals surface area contributed by atoms with Gasteiger partial charge in [0.2, 0.25) is 0 Å². The lowest BCUT2D eigenvalue weighted by Gasteiger charge is -2.58. The van der Waals surface area contributed by atoms with Gasteiger partial charge in [0.15, 0.2) is 0 Å². The fraction of sp³-hybridized carbons (Fsp3) is 0.333. The van der Waals surface area contributed by atoms with Gasteiger partial charge in [-0.05, 0) is 31.0 Å². The van der Waals surface area contributed by atoms with E-state index in [0.717, 1.165) is 0 Å². The first-order valence-corrected chi connectivity index (χ1v) is 8.42. The second kappa shape index (κ2) is 3.81. The van der Waals surface area contributed by atoms with Gasteiger partial charge in [0.1, 0.15) is 6.17 Å². The Hall–Kier alpha value is -2.22. The van der Waals surface area contributed by atoms with Crippen molar-refractivity contribution in [1.29, 1.82) is 0 Å². The van der Waals surface area contributed by atoms with Crippen LogP contribution in [0.15, 0.2) is 54.9 Å². The summed E-state index contributed by atoms with van der Waals surface area (Å²) in [4.78, 5) is 4.99. The Kier molecular flexibility index (Phi) is 2.19. The fourth-order valence-corrected chi connectivity index (χ4v) is 4.63. The maximum Gasteiger partial charge on any atom is 0.133 e. The molecule has 2 nitrogen and oxygen atoms in total. The number of para-hydroxylation sites is 1. The van der Waals surface area contributed by atoms with Crippen LogP contribution in [-0.4, -0.2) is 10.4 Å². The average Bonchev–Trinajstić information content (AvgIpc) is 2.99. The summed E-state index contributed by atoms with van der Waals surface area (Å²) >= 11 is 0. The molecule has 0 saturated carbocycles. The number of benzene rings is 2. The van der Waals surface area contributed by atoms with Crippen molar-refractivity contribution in [3.8, 4) is 11.1 Å². The highest BCUT2D eigenvalue weighted by molar-refractivity contribution is 5.87. The Morgan fingerprint density at radius 1 is 0.826 bits per heavy atom. The smallest absolute Gasteiger partial charge is 0.133 e. The maximum atomic E-state index is 2.55. The van der Waals surface area contributed by atoms with Gasteiger partial charge < -0.3 is 9.80 Å². The van der Waals surface area contributed by atoms with Crippen molar-refractivity contribution in [2.24, 2.45) is 0 Å². The predicted molar refractivity (Wildman–Crippen MR) is 95.2 cm³/mol. The Labute approximate surface area is 138 Å². The molecule has 0 amide bonds. The Bertz CT molecular complexity index is 860. The lowest BCUT2D eigenvalue weighted by Crippen LogP contribution is -2.60. The molecule has 23 heavy (non-hydrogen) atoms. The van der Waals surface area contributed by atoms with Crippen molar-refractivity contribution in [2.45, 2.75) is 44.8 Å². The van der Waals surface area contributed by atoms with Crippen molar-refractivity contribution in [2.75, 3.05) is 4.90 Å². The molecule has 1 atom stereocenters. The molecule has 0 spiro atoms. The molecule has 0 radical (unpaired) electrons. The third kappa shape index (κ3) is 1.32. The van der Waals surface area contributed by atoms with E-state index in [4.69, 9.17) is 0 Å². The molecule has 2 aromatic carbocycles. The Morgan fingerprint density at radius 3 is 2.39 bits per heavy atom. The van der Waals surface area contributed by atoms with Crippen molar-refractivity contribution in [1.82, 2.24) is 4.90 Å². The van der Waals surface area contributed by atoms with Crippen LogP contribution < -0.4 is 4.90 Å². The molecule has 0 bridgehead atoms. The van der Waals surface area contributed by atoms with E-state index < -0.39 is 0 Å². The van der Waals surface area contributed by atoms with Crippen LogP contribution in [0.5, 0.6) is 0 Å². The normalized spacial score (nSPS) is 24.4. The van der Waals surface area contributed by atoms with Gasteiger partial charge in [-0.2, -0.15) is 0 Å². The number of fused-ring (bicyclic) bond motifs is 3. The molecule has 2 aromatic rings. The van der Waals surface area contributed by atoms with E-state index in [1.54, 1.807) is 0 Å². The second-order valence-electron chi connectivity index (χ2n) is 7.95. The molecule has 0 aromatic heterocycles. The van der Waals surface area contributed by atoms with Crippen LogP contribution in [0, 0.1) is 0 Å². The highest BCUT2D eigenvalue weighted by Crippen LogP contribution is 2.59. The van der Waals surface area contributed by atoms with Crippen LogP contribution in [0.25, 0.3) is 11.1 Å². The van der Waals surface area contributed by atoms with Crippen molar-refractivity contribution in [3.63, 3.8) is 0 Å². The monoisotopic (exact) mass is 302 g/mol. The number of anilines is 1. The summed E-state index contributed by atoms with van der Waals surface area (Å²) in [6.07, 6.45) is 4.83. The van der Waals surface area contributed by atoms with Crippen LogP contribution in [0.2, 0.25) is 0 Å². The minimum absolute atomic E-state index is 0.0564. The SMILES string of the molecule is CC1(C)c2cccc3c2C2N(C=CN2C1(C)C)c1ccccc1-3. The molecule has 0 saturated heterocycles. The van der Waals surface area contributed by atoms with Gasteiger partial charge in [-0.15, -0.1) is 0 Å². The number of hydrogen-bond donors (Lipinski definition) is 0. The molecule has 116 valence electrons. The highest BCUT2D eigenvalue weighted by Gasteiger charge is 2.55. The lowest BCUT2D eigenvalue weighted by molar-refractivity contribution is 0.0529. The first-order chi connectivity index (χ1) is 10.9. The van der Waals surface area contributed by atoms with Gasteiger partial charge in [0.25, 0.3) is 0 Å². The van der Waals surface area contributed by atoms with Crippen molar-refractivity contribution < 1.29 is 0 Å². The van der Waals surface area contributed by atoms with Gasteiger partial charge in [0.05, 0.1) is 5.69 Å². The third-order valence-corrected chi connectivity index (χ3v) is 6.60. The standard InChI is InChI=1S/C21H22N2/c1-20(2)16-10-7-9-15-14-8-5-6-11-17(14)22-12-13-23(21(20,3)4)19(22)18(15)16/h5-13,19H,1-4H3. The average molecular weight is 302 g/mol. The van der Waals surface area contributed by atoms with E-state index in [1.165, 1.54) is 27.9 Å². The topological polar surface area (TPSA) is 6.48 Å². The quantitative estimate of drug-likeness (QED) is 0.673. The molecule has 2 heteroatoms. The summed E-state index contributed by atoms with van der Waals surface area (Å²) in [6, 6.07) is 15.6. The molecule has 0 fully saturated rings. The Balaban J connectivity index is 1.93. The van der Waals surface area contributed by atoms with Crippen LogP contribution in [0.1, 0.15) is 45.0 Å². The van der Waals surface area contributed by atoms with E-state index >= 15 is 0 Å². The number of hydrogen-bond acceptors (Lipinski definition) is 2. The van der Waals surface area contributed by atoms with Crippen LogP contribution in [-0.2, 0) is 5.41 Å². The summed E-state index contributed by atoms with van der Waals surface area (Å²) in [5, 5.41) is 0. The summed E-state index contributed by atoms with van der Waals surface area (Å²) in [5.41, 5.74) is 7.18. The summed E-state index contributed by atoms with van der Waals surface area (Å²) < 4.78 is 0. The molecule has 3 heterocycles. The fourth-order valence-electron chi connectivity index (χ4n) is 4.63. The molecule has 0 N–H and O–H groups in total. The highest BCUT2D eigenvalue weighted by atomic mass is 15.4. The molecule has 3 aliphatic heterocycles. The summed E-state index contributed by atoms with van der Waals surface area (Å²) in [6.45, 7) is 9.51. The first kappa shape index (κ1) is 13.2. The minimum Gasteiger partial charge on any atom is -0.346 e. The van der Waals surface area contributed by atoms with E-state index in [9.17, 15) is 0 Å². The van der Waals surface area contributed by atoms with Crippen LogP contribution in [0.3, 0.4) is 0 Å². The van der Waals surface area contributed by atoms with E-state index in [2.05, 4.69) is 92.4 Å². The molecule has 1 unspecified atom stereocenters. The van der Waals surface area contributed by atoms with Gasteiger partial charge in [-0.25, -0.2) is 0 Å². The molecular formula is C21H22N2. The van der Waals surface area contributed by atoms with Gasteiger partial charge in [0, 0.05) is 34.5 Å². The van der Waals surface area contributed by atoms with Crippen LogP contribution >= 0.6 is 0 Å². The maximum absolute atomic E-state index is 2.55. The Morgan fingerprint density at radius 2 is 1.57 bits per heavy atom. The van der Waals surface area contributed by atoms with E-state index in [-0.39, 0.29) is 11.0 Å². The summed E-state index contributed by atoms with van der Waals surface area (Å²) in [5.74, 6) is 0. The van der Waals surface area contributed by atoms with Crippen molar-refractivity contribution in [3.05, 3.63) is 66.0 Å². The molecular weight excluding hydrogens is 280 g/mol. The molecule has 5 rings (SSSR count). The predicted octanol–water partition coefficient (Wildman–Crippen LogP) is 5.03. The zero-order valence-corrected chi connectivity index (χ0v) is 14.2. The number of rotatable bonds is 0. The largest absolute Gasteiger partial charge is 0.346 e. The van der Waals surface area contributed by atoms with E-state index in [0.29, 0.717) is 6.17 Å². The summed E-state index contributed by atoms with van der Waals surface area (Å²) in [7, 11) is 0. The minimum atomic E-state index is 0.0564.